The maximum atomic E-state index is 12.1. The Balaban J connectivity index is 2.35. The van der Waals surface area contributed by atoms with Crippen LogP contribution in [0.25, 0.3) is 6.08 Å². The average molecular weight is 300 g/mol. The molecule has 2 N–H and O–H groups in total. The summed E-state index contributed by atoms with van der Waals surface area (Å²) in [5.74, 6) is -0.607. The van der Waals surface area contributed by atoms with Crippen molar-refractivity contribution in [1.29, 1.82) is 0 Å². The van der Waals surface area contributed by atoms with Gasteiger partial charge in [-0.2, -0.15) is 0 Å². The molecule has 1 heterocycles. The maximum absolute atomic E-state index is 12.1. The van der Waals surface area contributed by atoms with Crippen LogP contribution in [0.1, 0.15) is 32.8 Å². The molecular weight excluding hydrogens is 284 g/mol. The Bertz CT molecular complexity index is 804. The largest absolute Gasteiger partial charge is 0.507 e. The van der Waals surface area contributed by atoms with Crippen molar-refractivity contribution in [3.63, 3.8) is 0 Å². The molecule has 0 spiro atoms. The molecule has 0 unspecified atom stereocenters. The minimum Gasteiger partial charge on any atom is -0.507 e. The number of carbonyl (C=O) groups is 1. The van der Waals surface area contributed by atoms with Crippen molar-refractivity contribution in [2.45, 2.75) is 20.8 Å². The van der Waals surface area contributed by atoms with Gasteiger partial charge in [0.1, 0.15) is 22.8 Å². The van der Waals surface area contributed by atoms with Gasteiger partial charge in [-0.05, 0) is 55.7 Å². The minimum absolute atomic E-state index is 0.209. The first-order valence-electron chi connectivity index (χ1n) is 6.66. The van der Waals surface area contributed by atoms with Crippen LogP contribution in [-0.4, -0.2) is 16.0 Å². The number of ketones is 1. The zero-order chi connectivity index (χ0) is 16.4. The van der Waals surface area contributed by atoms with Crippen LogP contribution in [-0.2, 0) is 0 Å². The second-order valence-corrected chi connectivity index (χ2v) is 5.11. The Morgan fingerprint density at radius 3 is 2.23 bits per heavy atom. The number of aryl methyl sites for hydroxylation is 3. The van der Waals surface area contributed by atoms with E-state index in [1.807, 2.05) is 0 Å². The molecule has 1 aromatic heterocycles. The van der Waals surface area contributed by atoms with Gasteiger partial charge >= 0.3 is 5.63 Å². The predicted octanol–water partition coefficient (Wildman–Crippen LogP) is 2.87. The average Bonchev–Trinajstić information content (AvgIpc) is 2.41. The highest BCUT2D eigenvalue weighted by atomic mass is 16.4. The van der Waals surface area contributed by atoms with Crippen LogP contribution in [0, 0.1) is 20.8 Å². The van der Waals surface area contributed by atoms with E-state index in [2.05, 4.69) is 0 Å². The van der Waals surface area contributed by atoms with Crippen LogP contribution >= 0.6 is 0 Å². The molecular formula is C17H16O5. The second-order valence-electron chi connectivity index (χ2n) is 5.11. The van der Waals surface area contributed by atoms with Gasteiger partial charge in [0.15, 0.2) is 5.78 Å². The molecule has 114 valence electrons. The van der Waals surface area contributed by atoms with E-state index >= 15 is 0 Å². The summed E-state index contributed by atoms with van der Waals surface area (Å²) < 4.78 is 4.81. The third kappa shape index (κ3) is 3.09. The molecule has 22 heavy (non-hydrogen) atoms. The van der Waals surface area contributed by atoms with Crippen molar-refractivity contribution in [2.24, 2.45) is 0 Å². The standard InChI is InChI=1S/C17H16O5/c1-9-6-12(7-10(2)16(9)20)4-5-13(18)15-14(19)8-11(3)22-17(15)21/h4-8,19-20H,1-3H3/b5-4+. The Hall–Kier alpha value is -2.82. The number of rotatable bonds is 3. The number of hydrogen-bond donors (Lipinski definition) is 2. The summed E-state index contributed by atoms with van der Waals surface area (Å²) in [7, 11) is 0. The van der Waals surface area contributed by atoms with Gasteiger partial charge in [0.25, 0.3) is 0 Å². The van der Waals surface area contributed by atoms with Gasteiger partial charge in [0, 0.05) is 6.07 Å². The van der Waals surface area contributed by atoms with E-state index in [0.717, 1.165) is 0 Å². The van der Waals surface area contributed by atoms with Crippen LogP contribution in [0.3, 0.4) is 0 Å². The normalized spacial score (nSPS) is 11.0. The quantitative estimate of drug-likeness (QED) is 0.672. The molecule has 0 saturated heterocycles. The predicted molar refractivity (Wildman–Crippen MR) is 82.3 cm³/mol. The first-order chi connectivity index (χ1) is 10.3. The van der Waals surface area contributed by atoms with E-state index in [4.69, 9.17) is 4.42 Å². The van der Waals surface area contributed by atoms with Gasteiger partial charge in [0.05, 0.1) is 0 Å². The Morgan fingerprint density at radius 1 is 1.09 bits per heavy atom. The van der Waals surface area contributed by atoms with Crippen molar-refractivity contribution in [2.75, 3.05) is 0 Å². The van der Waals surface area contributed by atoms with E-state index in [9.17, 15) is 19.8 Å². The summed E-state index contributed by atoms with van der Waals surface area (Å²) in [5.41, 5.74) is 0.811. The Kier molecular flexibility index (Phi) is 4.17. The van der Waals surface area contributed by atoms with Crippen LogP contribution in [0.5, 0.6) is 11.5 Å². The fraction of sp³-hybridized carbons (Fsp3) is 0.176. The van der Waals surface area contributed by atoms with Crippen molar-refractivity contribution in [3.8, 4) is 11.5 Å². The highest BCUT2D eigenvalue weighted by molar-refractivity contribution is 6.08. The molecule has 0 saturated carbocycles. The second kappa shape index (κ2) is 5.89. The Labute approximate surface area is 127 Å². The number of carbonyl (C=O) groups excluding carboxylic acids is 1. The third-order valence-corrected chi connectivity index (χ3v) is 3.24. The smallest absolute Gasteiger partial charge is 0.351 e. The summed E-state index contributed by atoms with van der Waals surface area (Å²) in [6.07, 6.45) is 2.70. The maximum Gasteiger partial charge on any atom is 0.351 e. The van der Waals surface area contributed by atoms with Crippen molar-refractivity contribution >= 4 is 11.9 Å². The molecule has 1 aromatic carbocycles. The molecule has 0 radical (unpaired) electrons. The van der Waals surface area contributed by atoms with Crippen molar-refractivity contribution in [1.82, 2.24) is 0 Å². The van der Waals surface area contributed by atoms with E-state index in [1.54, 1.807) is 26.0 Å². The summed E-state index contributed by atoms with van der Waals surface area (Å²) in [4.78, 5) is 23.7. The number of allylic oxidation sites excluding steroid dienone is 1. The molecule has 0 aliphatic heterocycles. The molecule has 0 bridgehead atoms. The lowest BCUT2D eigenvalue weighted by Gasteiger charge is -2.04. The molecule has 0 atom stereocenters. The molecule has 2 aromatic rings. The van der Waals surface area contributed by atoms with Crippen LogP contribution in [0.2, 0.25) is 0 Å². The lowest BCUT2D eigenvalue weighted by molar-refractivity contribution is 0.104. The Morgan fingerprint density at radius 2 is 1.68 bits per heavy atom. The minimum atomic E-state index is -0.870. The van der Waals surface area contributed by atoms with E-state index in [1.165, 1.54) is 25.1 Å². The van der Waals surface area contributed by atoms with Gasteiger partial charge < -0.3 is 14.6 Å². The molecule has 2 rings (SSSR count). The molecule has 0 aliphatic rings. The molecule has 5 nitrogen and oxygen atoms in total. The summed E-state index contributed by atoms with van der Waals surface area (Å²) >= 11 is 0. The van der Waals surface area contributed by atoms with E-state index in [-0.39, 0.29) is 11.5 Å². The first-order valence-corrected chi connectivity index (χ1v) is 6.66. The van der Waals surface area contributed by atoms with Crippen LogP contribution in [0.15, 0.2) is 33.5 Å². The van der Waals surface area contributed by atoms with Crippen LogP contribution < -0.4 is 5.63 Å². The highest BCUT2D eigenvalue weighted by Gasteiger charge is 2.15. The van der Waals surface area contributed by atoms with Gasteiger partial charge in [-0.25, -0.2) is 4.79 Å². The fourth-order valence-corrected chi connectivity index (χ4v) is 2.16. The molecule has 0 aliphatic carbocycles. The van der Waals surface area contributed by atoms with Gasteiger partial charge in [-0.3, -0.25) is 4.79 Å². The molecule has 0 fully saturated rings. The first kappa shape index (κ1) is 15.6. The number of phenols is 1. The van der Waals surface area contributed by atoms with Crippen molar-refractivity contribution < 1.29 is 19.4 Å². The summed E-state index contributed by atoms with van der Waals surface area (Å²) in [6, 6.07) is 4.64. The van der Waals surface area contributed by atoms with Gasteiger partial charge in [-0.1, -0.05) is 6.08 Å². The monoisotopic (exact) mass is 300 g/mol. The van der Waals surface area contributed by atoms with Crippen molar-refractivity contribution in [3.05, 3.63) is 62.7 Å². The van der Waals surface area contributed by atoms with E-state index < -0.39 is 22.7 Å². The molecule has 5 heteroatoms. The summed E-state index contributed by atoms with van der Waals surface area (Å²) in [5, 5.41) is 19.4. The number of hydrogen-bond acceptors (Lipinski definition) is 5. The van der Waals surface area contributed by atoms with Crippen LogP contribution in [0.4, 0.5) is 0 Å². The zero-order valence-electron chi connectivity index (χ0n) is 12.5. The SMILES string of the molecule is Cc1cc(O)c(C(=O)/C=C/c2cc(C)c(O)c(C)c2)c(=O)o1. The number of benzene rings is 1. The number of phenolic OH excluding ortho intramolecular Hbond substituents is 1. The molecule has 0 amide bonds. The lowest BCUT2D eigenvalue weighted by Crippen LogP contribution is -2.12. The zero-order valence-corrected chi connectivity index (χ0v) is 12.5. The van der Waals surface area contributed by atoms with Gasteiger partial charge in [-0.15, -0.1) is 0 Å². The van der Waals surface area contributed by atoms with E-state index in [0.29, 0.717) is 16.7 Å². The third-order valence-electron chi connectivity index (χ3n) is 3.24. The fourth-order valence-electron chi connectivity index (χ4n) is 2.16. The topological polar surface area (TPSA) is 87.7 Å². The highest BCUT2D eigenvalue weighted by Crippen LogP contribution is 2.23. The lowest BCUT2D eigenvalue weighted by atomic mass is 10.0. The summed E-state index contributed by atoms with van der Waals surface area (Å²) in [6.45, 7) is 5.01. The number of aromatic hydroxyl groups is 2. The van der Waals surface area contributed by atoms with Gasteiger partial charge in [0.2, 0.25) is 0 Å².